The summed E-state index contributed by atoms with van der Waals surface area (Å²) >= 11 is 3.56. The minimum atomic E-state index is -1.36. The first kappa shape index (κ1) is 11.7. The largest absolute Gasteiger partial charge is 0.414 e. The summed E-state index contributed by atoms with van der Waals surface area (Å²) in [4.78, 5) is 1.07. The highest BCUT2D eigenvalue weighted by molar-refractivity contribution is 9.09. The van der Waals surface area contributed by atoms with E-state index in [2.05, 4.69) is 43.6 Å². The first-order valence-corrected chi connectivity index (χ1v) is 7.99. The normalized spacial score (nSPS) is 12.5. The average Bonchev–Trinajstić information content (AvgIpc) is 2.00. The molecule has 0 aromatic carbocycles. The van der Waals surface area contributed by atoms with E-state index in [9.17, 15) is 0 Å². The smallest absolute Gasteiger partial charge is 0.202 e. The molecule has 0 aliphatic rings. The molecule has 0 rings (SSSR count). The Hall–Kier alpha value is 0.657. The summed E-state index contributed by atoms with van der Waals surface area (Å²) < 4.78 is 5.98. The number of hydrogen-bond acceptors (Lipinski definition) is 1. The Balaban J connectivity index is 4.05. The fourth-order valence-electron chi connectivity index (χ4n) is 1.14. The summed E-state index contributed by atoms with van der Waals surface area (Å²) in [5.74, 6) is 0. The van der Waals surface area contributed by atoms with Crippen LogP contribution in [-0.2, 0) is 4.43 Å². The first-order chi connectivity index (χ1) is 5.10. The molecular weight excluding hydrogens is 220 g/mol. The van der Waals surface area contributed by atoms with E-state index in [1.807, 2.05) is 0 Å². The van der Waals surface area contributed by atoms with Crippen LogP contribution in [0.3, 0.4) is 0 Å². The van der Waals surface area contributed by atoms with Gasteiger partial charge >= 0.3 is 0 Å². The van der Waals surface area contributed by atoms with Crippen LogP contribution in [0.25, 0.3) is 0 Å². The van der Waals surface area contributed by atoms with Gasteiger partial charge < -0.3 is 4.43 Å². The predicted octanol–water partition coefficient (Wildman–Crippen LogP) is 3.33. The molecule has 0 fully saturated rings. The topological polar surface area (TPSA) is 9.23 Å². The lowest BCUT2D eigenvalue weighted by Gasteiger charge is -2.29. The third-order valence-corrected chi connectivity index (χ3v) is 9.12. The van der Waals surface area contributed by atoms with Gasteiger partial charge in [0, 0.05) is 11.1 Å². The molecule has 0 bridgehead atoms. The fraction of sp³-hybridized carbons (Fsp3) is 1.00. The molecule has 0 aromatic heterocycles. The van der Waals surface area contributed by atoms with Gasteiger partial charge in [0.1, 0.15) is 0 Å². The van der Waals surface area contributed by atoms with Crippen molar-refractivity contribution in [1.29, 1.82) is 0 Å². The summed E-state index contributed by atoms with van der Waals surface area (Å²) in [6.07, 6.45) is 0.388. The molecule has 0 aliphatic carbocycles. The van der Waals surface area contributed by atoms with Gasteiger partial charge in [0.2, 0.25) is 8.32 Å². The molecule has 68 valence electrons. The molecule has 0 N–H and O–H groups in total. The zero-order valence-electron chi connectivity index (χ0n) is 7.98. The second kappa shape index (κ2) is 5.33. The van der Waals surface area contributed by atoms with Gasteiger partial charge in [0.05, 0.1) is 0 Å². The van der Waals surface area contributed by atoms with Crippen LogP contribution in [0.5, 0.6) is 0 Å². The maximum atomic E-state index is 5.98. The lowest BCUT2D eigenvalue weighted by molar-refractivity contribution is 0.228. The summed E-state index contributed by atoms with van der Waals surface area (Å²) in [6, 6.07) is 2.43. The van der Waals surface area contributed by atoms with Crippen LogP contribution in [0.1, 0.15) is 27.7 Å². The van der Waals surface area contributed by atoms with Gasteiger partial charge in [-0.2, -0.15) is 0 Å². The highest BCUT2D eigenvalue weighted by atomic mass is 79.9. The quantitative estimate of drug-likeness (QED) is 0.528. The van der Waals surface area contributed by atoms with Crippen molar-refractivity contribution < 1.29 is 4.43 Å². The molecule has 0 aromatic rings. The molecule has 0 spiro atoms. The van der Waals surface area contributed by atoms with Crippen LogP contribution in [0.2, 0.25) is 12.1 Å². The van der Waals surface area contributed by atoms with Crippen LogP contribution in [0.4, 0.5) is 0 Å². The Kier molecular flexibility index (Phi) is 5.65. The molecule has 0 aliphatic heterocycles. The first-order valence-electron chi connectivity index (χ1n) is 4.34. The Bertz CT molecular complexity index is 94.0. The highest BCUT2D eigenvalue weighted by Gasteiger charge is 2.30. The molecular formula is C8H19BrOSi. The van der Waals surface area contributed by atoms with Gasteiger partial charge in [-0.15, -0.1) is 0 Å². The van der Waals surface area contributed by atoms with E-state index in [0.717, 1.165) is 4.95 Å². The van der Waals surface area contributed by atoms with E-state index >= 15 is 0 Å². The molecule has 1 nitrogen and oxygen atoms in total. The third-order valence-electron chi connectivity index (χ3n) is 2.02. The van der Waals surface area contributed by atoms with Gasteiger partial charge in [-0.3, -0.25) is 0 Å². The van der Waals surface area contributed by atoms with Gasteiger partial charge in [-0.25, -0.2) is 0 Å². The Morgan fingerprint density at radius 2 is 1.73 bits per heavy atom. The predicted molar refractivity (Wildman–Crippen MR) is 56.7 cm³/mol. The third kappa shape index (κ3) is 3.72. The average molecular weight is 239 g/mol. The van der Waals surface area contributed by atoms with Crippen molar-refractivity contribution in [3.8, 4) is 0 Å². The molecule has 0 atom stereocenters. The van der Waals surface area contributed by atoms with Crippen molar-refractivity contribution in [3.63, 3.8) is 0 Å². The van der Waals surface area contributed by atoms with Crippen molar-refractivity contribution in [2.75, 3.05) is 4.95 Å². The van der Waals surface area contributed by atoms with E-state index in [4.69, 9.17) is 4.43 Å². The number of hydrogen-bond donors (Lipinski definition) is 0. The summed E-state index contributed by atoms with van der Waals surface area (Å²) in [7, 11) is -1.36. The van der Waals surface area contributed by atoms with Gasteiger partial charge in [-0.05, 0) is 25.9 Å². The molecule has 0 saturated carbocycles. The Morgan fingerprint density at radius 3 is 1.82 bits per heavy atom. The van der Waals surface area contributed by atoms with Crippen molar-refractivity contribution >= 4 is 24.2 Å². The monoisotopic (exact) mass is 238 g/mol. The van der Waals surface area contributed by atoms with Crippen LogP contribution >= 0.6 is 15.9 Å². The van der Waals surface area contributed by atoms with E-state index in [1.54, 1.807) is 0 Å². The van der Waals surface area contributed by atoms with Gasteiger partial charge in [0.25, 0.3) is 0 Å². The molecule has 0 unspecified atom stereocenters. The van der Waals surface area contributed by atoms with Crippen molar-refractivity contribution in [2.45, 2.75) is 45.9 Å². The van der Waals surface area contributed by atoms with Crippen LogP contribution in [0.15, 0.2) is 0 Å². The van der Waals surface area contributed by atoms with Crippen molar-refractivity contribution in [3.05, 3.63) is 0 Å². The zero-order chi connectivity index (χ0) is 8.91. The highest BCUT2D eigenvalue weighted by Crippen LogP contribution is 2.20. The second-order valence-electron chi connectivity index (χ2n) is 3.19. The minimum Gasteiger partial charge on any atom is -0.414 e. The molecule has 0 saturated heterocycles. The summed E-state index contributed by atoms with van der Waals surface area (Å²) in [5, 5.41) is 0. The number of rotatable bonds is 5. The molecule has 11 heavy (non-hydrogen) atoms. The summed E-state index contributed by atoms with van der Waals surface area (Å²) in [6.45, 7) is 8.71. The molecule has 3 heteroatoms. The SMILES string of the molecule is CC[Si](CC)(CBr)OC(C)C. The molecule has 0 heterocycles. The fourth-order valence-corrected chi connectivity index (χ4v) is 6.19. The van der Waals surface area contributed by atoms with Crippen molar-refractivity contribution in [2.24, 2.45) is 0 Å². The minimum absolute atomic E-state index is 0.388. The van der Waals surface area contributed by atoms with E-state index in [-0.39, 0.29) is 0 Å². The number of halogens is 1. The lowest BCUT2D eigenvalue weighted by atomic mass is 10.5. The van der Waals surface area contributed by atoms with E-state index in [1.165, 1.54) is 12.1 Å². The molecule has 0 radical (unpaired) electrons. The van der Waals surface area contributed by atoms with Crippen molar-refractivity contribution in [1.82, 2.24) is 0 Å². The standard InChI is InChI=1S/C8H19BrOSi/c1-5-11(6-2,7-9)10-8(3)4/h8H,5-7H2,1-4H3. The van der Waals surface area contributed by atoms with Gasteiger partial charge in [0.15, 0.2) is 0 Å². The number of alkyl halides is 1. The Morgan fingerprint density at radius 1 is 1.27 bits per heavy atom. The van der Waals surface area contributed by atoms with E-state index < -0.39 is 8.32 Å². The Labute approximate surface area is 79.8 Å². The van der Waals surface area contributed by atoms with Crippen LogP contribution in [0, 0.1) is 0 Å². The van der Waals surface area contributed by atoms with E-state index in [0.29, 0.717) is 6.10 Å². The summed E-state index contributed by atoms with van der Waals surface area (Å²) in [5.41, 5.74) is 0. The van der Waals surface area contributed by atoms with Gasteiger partial charge in [-0.1, -0.05) is 29.8 Å². The lowest BCUT2D eigenvalue weighted by Crippen LogP contribution is -2.41. The zero-order valence-corrected chi connectivity index (χ0v) is 10.6. The molecule has 0 amide bonds. The maximum Gasteiger partial charge on any atom is 0.202 e. The van der Waals surface area contributed by atoms with Crippen LogP contribution < -0.4 is 0 Å². The maximum absolute atomic E-state index is 5.98. The van der Waals surface area contributed by atoms with Crippen LogP contribution in [-0.4, -0.2) is 19.4 Å². The second-order valence-corrected chi connectivity index (χ2v) is 9.16.